The van der Waals surface area contributed by atoms with E-state index in [-0.39, 0.29) is 6.61 Å². The topological polar surface area (TPSA) is 104 Å². The molecule has 8 heteroatoms. The van der Waals surface area contributed by atoms with E-state index in [1.54, 1.807) is 0 Å². The highest BCUT2D eigenvalue weighted by Gasteiger charge is 2.48. The maximum Gasteiger partial charge on any atom is 0.183 e. The van der Waals surface area contributed by atoms with Crippen molar-refractivity contribution in [1.29, 1.82) is 0 Å². The van der Waals surface area contributed by atoms with E-state index in [1.807, 2.05) is 0 Å². The third kappa shape index (κ3) is 2.04. The predicted octanol–water partition coefficient (Wildman–Crippen LogP) is -1.95. The third-order valence-corrected chi connectivity index (χ3v) is 3.57. The molecular weight excluding hydrogens is 236 g/mol. The van der Waals surface area contributed by atoms with Crippen LogP contribution in [0.3, 0.4) is 0 Å². The Labute approximate surface area is 96.4 Å². The molecular formula is C8H14N2O5S. The van der Waals surface area contributed by atoms with Crippen LogP contribution in [0.2, 0.25) is 0 Å². The van der Waals surface area contributed by atoms with Crippen LogP contribution < -0.4 is 5.48 Å². The molecule has 7 nitrogen and oxygen atoms in total. The van der Waals surface area contributed by atoms with Gasteiger partial charge in [0.2, 0.25) is 0 Å². The maximum atomic E-state index is 9.81. The van der Waals surface area contributed by atoms with Crippen molar-refractivity contribution < 1.29 is 24.9 Å². The predicted molar refractivity (Wildman–Crippen MR) is 56.7 cm³/mol. The SMILES string of the molecule is CONC1=N[C@@H]2[C@@H](O)[C@H](O)[C@@H](CO)O[C@@H]2S1. The number of fused-ring (bicyclic) bond motifs is 1. The second kappa shape index (κ2) is 4.86. The number of rotatable bonds is 2. The molecule has 16 heavy (non-hydrogen) atoms. The van der Waals surface area contributed by atoms with Crippen molar-refractivity contribution in [3.63, 3.8) is 0 Å². The minimum Gasteiger partial charge on any atom is -0.394 e. The molecule has 0 aromatic rings. The van der Waals surface area contributed by atoms with Crippen molar-refractivity contribution in [2.75, 3.05) is 13.7 Å². The average Bonchev–Trinajstić information content (AvgIpc) is 2.67. The van der Waals surface area contributed by atoms with Crippen LogP contribution >= 0.6 is 11.8 Å². The summed E-state index contributed by atoms with van der Waals surface area (Å²) in [5, 5.41) is 28.9. The minimum absolute atomic E-state index is 0.338. The van der Waals surface area contributed by atoms with Gasteiger partial charge in [-0.15, -0.1) is 0 Å². The Morgan fingerprint density at radius 2 is 2.25 bits per heavy atom. The number of hydrogen-bond acceptors (Lipinski definition) is 8. The molecule has 92 valence electrons. The van der Waals surface area contributed by atoms with Crippen LogP contribution in [0.1, 0.15) is 0 Å². The summed E-state index contributed by atoms with van der Waals surface area (Å²) in [5.74, 6) is 0. The fraction of sp³-hybridized carbons (Fsp3) is 0.875. The number of hydrogen-bond donors (Lipinski definition) is 4. The van der Waals surface area contributed by atoms with Crippen LogP contribution in [-0.4, -0.2) is 64.0 Å². The zero-order chi connectivity index (χ0) is 11.7. The number of hydroxylamine groups is 1. The van der Waals surface area contributed by atoms with Gasteiger partial charge in [0.05, 0.1) is 13.7 Å². The van der Waals surface area contributed by atoms with Gasteiger partial charge in [-0.1, -0.05) is 11.8 Å². The molecule has 0 radical (unpaired) electrons. The van der Waals surface area contributed by atoms with Gasteiger partial charge >= 0.3 is 0 Å². The van der Waals surface area contributed by atoms with E-state index < -0.39 is 29.8 Å². The van der Waals surface area contributed by atoms with Crippen molar-refractivity contribution in [1.82, 2.24) is 5.48 Å². The lowest BCUT2D eigenvalue weighted by molar-refractivity contribution is -0.164. The van der Waals surface area contributed by atoms with E-state index in [4.69, 9.17) is 14.7 Å². The van der Waals surface area contributed by atoms with Gasteiger partial charge in [0, 0.05) is 0 Å². The van der Waals surface area contributed by atoms with Crippen molar-refractivity contribution in [2.45, 2.75) is 29.8 Å². The lowest BCUT2D eigenvalue weighted by Crippen LogP contribution is -2.55. The highest BCUT2D eigenvalue weighted by molar-refractivity contribution is 8.14. The molecule has 2 aliphatic heterocycles. The molecule has 0 aromatic carbocycles. The molecule has 2 rings (SSSR count). The molecule has 0 saturated carbocycles. The Balaban J connectivity index is 2.08. The van der Waals surface area contributed by atoms with Crippen LogP contribution in [0.15, 0.2) is 4.99 Å². The summed E-state index contributed by atoms with van der Waals surface area (Å²) in [4.78, 5) is 8.82. The van der Waals surface area contributed by atoms with Crippen molar-refractivity contribution in [3.05, 3.63) is 0 Å². The normalized spacial score (nSPS) is 42.8. The van der Waals surface area contributed by atoms with Gasteiger partial charge < -0.3 is 20.1 Å². The lowest BCUT2D eigenvalue weighted by atomic mass is 9.99. The summed E-state index contributed by atoms with van der Waals surface area (Å²) < 4.78 is 5.41. The number of thioether (sulfide) groups is 1. The molecule has 2 aliphatic rings. The summed E-state index contributed by atoms with van der Waals surface area (Å²) in [6, 6.07) is -0.541. The van der Waals surface area contributed by atoms with Crippen LogP contribution in [0, 0.1) is 0 Å². The van der Waals surface area contributed by atoms with Crippen molar-refractivity contribution in [2.24, 2.45) is 4.99 Å². The van der Waals surface area contributed by atoms with Crippen molar-refractivity contribution in [3.8, 4) is 0 Å². The first-order valence-electron chi connectivity index (χ1n) is 4.83. The first kappa shape index (κ1) is 12.1. The van der Waals surface area contributed by atoms with Crippen LogP contribution in [0.4, 0.5) is 0 Å². The van der Waals surface area contributed by atoms with E-state index in [2.05, 4.69) is 10.5 Å². The molecule has 0 bridgehead atoms. The number of amidine groups is 1. The lowest BCUT2D eigenvalue weighted by Gasteiger charge is -2.37. The fourth-order valence-corrected chi connectivity index (χ4v) is 2.81. The van der Waals surface area contributed by atoms with E-state index in [0.29, 0.717) is 5.17 Å². The van der Waals surface area contributed by atoms with E-state index >= 15 is 0 Å². The summed E-state index contributed by atoms with van der Waals surface area (Å²) in [6.07, 6.45) is -2.95. The van der Waals surface area contributed by atoms with Crippen LogP contribution in [-0.2, 0) is 9.57 Å². The Morgan fingerprint density at radius 1 is 1.50 bits per heavy atom. The number of nitrogens with one attached hydrogen (secondary N) is 1. The van der Waals surface area contributed by atoms with Gasteiger partial charge in [-0.25, -0.2) is 5.48 Å². The highest BCUT2D eigenvalue weighted by Crippen LogP contribution is 2.35. The van der Waals surface area contributed by atoms with E-state index in [0.717, 1.165) is 0 Å². The number of nitrogens with zero attached hydrogens (tertiary/aromatic N) is 1. The van der Waals surface area contributed by atoms with Gasteiger partial charge in [-0.05, 0) is 0 Å². The van der Waals surface area contributed by atoms with Gasteiger partial charge in [-0.3, -0.25) is 9.83 Å². The molecule has 1 saturated heterocycles. The Bertz CT molecular complexity index is 290. The largest absolute Gasteiger partial charge is 0.394 e. The number of aliphatic hydroxyl groups is 3. The first-order valence-corrected chi connectivity index (χ1v) is 5.71. The second-order valence-corrected chi connectivity index (χ2v) is 4.64. The van der Waals surface area contributed by atoms with Crippen LogP contribution in [0.25, 0.3) is 0 Å². The fourth-order valence-electron chi connectivity index (χ4n) is 1.72. The van der Waals surface area contributed by atoms with Gasteiger partial charge in [0.25, 0.3) is 0 Å². The first-order chi connectivity index (χ1) is 7.67. The Morgan fingerprint density at radius 3 is 2.88 bits per heavy atom. The van der Waals surface area contributed by atoms with E-state index in [1.165, 1.54) is 18.9 Å². The molecule has 0 amide bonds. The summed E-state index contributed by atoms with van der Waals surface area (Å²) in [7, 11) is 1.45. The summed E-state index contributed by atoms with van der Waals surface area (Å²) >= 11 is 1.25. The Kier molecular flexibility index (Phi) is 3.67. The van der Waals surface area contributed by atoms with Crippen LogP contribution in [0.5, 0.6) is 0 Å². The average molecular weight is 250 g/mol. The summed E-state index contributed by atoms with van der Waals surface area (Å²) in [5.41, 5.74) is 2.14. The molecule has 0 aliphatic carbocycles. The molecule has 2 heterocycles. The molecule has 4 N–H and O–H groups in total. The molecule has 1 fully saturated rings. The number of aliphatic hydroxyl groups excluding tert-OH is 3. The monoisotopic (exact) mass is 250 g/mol. The standard InChI is InChI=1S/C8H14N2O5S/c1-14-10-8-9-4-6(13)5(12)3(2-11)15-7(4)16-8/h3-7,11-13H,2H2,1H3,(H,9,10)/t3-,4-,5-,6-,7-/m1/s1. The van der Waals surface area contributed by atoms with Crippen molar-refractivity contribution >= 4 is 16.9 Å². The minimum atomic E-state index is -1.13. The van der Waals surface area contributed by atoms with E-state index in [9.17, 15) is 10.2 Å². The van der Waals surface area contributed by atoms with Gasteiger partial charge in [0.15, 0.2) is 5.17 Å². The smallest absolute Gasteiger partial charge is 0.183 e. The zero-order valence-electron chi connectivity index (χ0n) is 8.61. The second-order valence-electron chi connectivity index (χ2n) is 3.56. The molecule has 0 unspecified atom stereocenters. The molecule has 0 spiro atoms. The highest BCUT2D eigenvalue weighted by atomic mass is 32.2. The summed E-state index contributed by atoms with van der Waals surface area (Å²) in [6.45, 7) is -0.338. The van der Waals surface area contributed by atoms with Gasteiger partial charge in [0.1, 0.15) is 29.8 Å². The number of aliphatic imine (C=N–C) groups is 1. The molecule has 5 atom stereocenters. The quantitative estimate of drug-likeness (QED) is 0.422. The zero-order valence-corrected chi connectivity index (χ0v) is 9.42. The Hall–Kier alpha value is -0.380. The van der Waals surface area contributed by atoms with Gasteiger partial charge in [-0.2, -0.15) is 0 Å². The maximum absolute atomic E-state index is 9.81. The third-order valence-electron chi connectivity index (χ3n) is 2.53. The molecule has 0 aromatic heterocycles. The number of ether oxygens (including phenoxy) is 1.